The Kier molecular flexibility index (Phi) is 1.59. The molecular formula is C3H5BrO2. The van der Waals surface area contributed by atoms with Crippen LogP contribution in [0.15, 0.2) is 0 Å². The van der Waals surface area contributed by atoms with Crippen LogP contribution >= 0.6 is 15.9 Å². The minimum absolute atomic E-state index is 0.171. The molecule has 0 bridgehead atoms. The molecule has 3 heteroatoms. The van der Waals surface area contributed by atoms with Gasteiger partial charge in [0, 0.05) is 8.07 Å². The Labute approximate surface area is 47.1 Å². The van der Waals surface area contributed by atoms with Gasteiger partial charge < -0.3 is 5.11 Å². The molecule has 0 aliphatic carbocycles. The van der Waals surface area contributed by atoms with E-state index in [1.165, 1.54) is 0 Å². The molecule has 0 aliphatic heterocycles. The van der Waals surface area contributed by atoms with Crippen LogP contribution in [0.25, 0.3) is 0 Å². The van der Waals surface area contributed by atoms with E-state index in [2.05, 4.69) is 15.9 Å². The van der Waals surface area contributed by atoms with Gasteiger partial charge in [-0.15, -0.1) is 0 Å². The van der Waals surface area contributed by atoms with Crippen LogP contribution < -0.4 is 0 Å². The molecule has 0 aromatic heterocycles. The van der Waals surface area contributed by atoms with Gasteiger partial charge in [0.2, 0.25) is 0 Å². The number of carboxylic acid groups (broad SMARTS) is 1. The fraction of sp³-hybridized carbons (Fsp3) is 0.667. The molecule has 0 spiro atoms. The van der Waals surface area contributed by atoms with Gasteiger partial charge in [-0.25, -0.2) is 0 Å². The maximum Gasteiger partial charge on any atom is 0.304 e. The van der Waals surface area contributed by atoms with Crippen LogP contribution in [-0.4, -0.2) is 16.4 Å². The normalized spacial score (nSPS) is 15.5. The van der Waals surface area contributed by atoms with E-state index in [1.54, 1.807) is 0 Å². The summed E-state index contributed by atoms with van der Waals surface area (Å²) in [5.41, 5.74) is 0. The summed E-state index contributed by atoms with van der Waals surface area (Å²) in [4.78, 5) is 9.85. The average Bonchev–Trinajstić information content (AvgIpc) is 1.67. The fourth-order valence-corrected chi connectivity index (χ4v) is 0.297. The molecule has 0 aromatic carbocycles. The van der Waals surface area contributed by atoms with Gasteiger partial charge in [0.1, 0.15) is 0 Å². The van der Waals surface area contributed by atoms with E-state index in [0.717, 1.165) is 0 Å². The number of rotatable bonds is 2. The van der Waals surface area contributed by atoms with Crippen LogP contribution in [0.4, 0.5) is 0 Å². The van der Waals surface area contributed by atoms with Crippen molar-refractivity contribution in [1.29, 1.82) is 0 Å². The Morgan fingerprint density at radius 1 is 2.17 bits per heavy atom. The monoisotopic (exact) mass is 154 g/mol. The first-order valence-corrected chi connectivity index (χ1v) is 2.42. The minimum Gasteiger partial charge on any atom is -0.481 e. The van der Waals surface area contributed by atoms with Crippen LogP contribution in [0.1, 0.15) is 9.11 Å². The van der Waals surface area contributed by atoms with Gasteiger partial charge in [0.25, 0.3) is 0 Å². The van der Waals surface area contributed by atoms with Crippen molar-refractivity contribution in [2.75, 3.05) is 5.33 Å². The van der Waals surface area contributed by atoms with E-state index in [9.17, 15) is 4.79 Å². The van der Waals surface area contributed by atoms with Crippen molar-refractivity contribution in [2.24, 2.45) is 0 Å². The summed E-state index contributed by atoms with van der Waals surface area (Å²) in [5.74, 6) is -1.44. The predicted octanol–water partition coefficient (Wildman–Crippen LogP) is 0.856. The molecule has 0 rings (SSSR count). The molecule has 36 valence electrons. The zero-order valence-corrected chi connectivity index (χ0v) is 4.53. The topological polar surface area (TPSA) is 37.3 Å². The molecule has 6 heavy (non-hydrogen) atoms. The van der Waals surface area contributed by atoms with Crippen LogP contribution in [-0.2, 0) is 4.79 Å². The Morgan fingerprint density at radius 2 is 2.67 bits per heavy atom. The smallest absolute Gasteiger partial charge is 0.304 e. The third-order valence-corrected chi connectivity index (χ3v) is 0.498. The summed E-state index contributed by atoms with van der Waals surface area (Å²) in [6.07, 6.45) is -2.12. The van der Waals surface area contributed by atoms with Crippen LogP contribution in [0.2, 0.25) is 0 Å². The zero-order valence-electron chi connectivity index (χ0n) is 4.94. The Bertz CT molecular complexity index is 103. The van der Waals surface area contributed by atoms with Crippen LogP contribution in [0.3, 0.4) is 0 Å². The zero-order chi connectivity index (χ0) is 6.78. The maximum atomic E-state index is 9.85. The highest BCUT2D eigenvalue weighted by molar-refractivity contribution is 9.09. The summed E-state index contributed by atoms with van der Waals surface area (Å²) in [6.45, 7) is 0. The Hall–Kier alpha value is -0.0500. The third kappa shape index (κ3) is 3.95. The first kappa shape index (κ1) is 3.02. The standard InChI is InChI=1S/C3H5BrO2/c4-2-1-3(5)6/h1-2H2,(H,5,6)/i1D2. The predicted molar refractivity (Wildman–Crippen MR) is 26.0 cm³/mol. The van der Waals surface area contributed by atoms with Gasteiger partial charge in [-0.3, -0.25) is 4.79 Å². The van der Waals surface area contributed by atoms with Gasteiger partial charge in [0.05, 0.1) is 6.37 Å². The first-order valence-electron chi connectivity index (χ1n) is 2.30. The van der Waals surface area contributed by atoms with Gasteiger partial charge in [-0.1, -0.05) is 15.9 Å². The quantitative estimate of drug-likeness (QED) is 0.600. The minimum atomic E-state index is -2.12. The number of hydrogen-bond acceptors (Lipinski definition) is 1. The molecular weight excluding hydrogens is 148 g/mol. The number of alkyl halides is 1. The average molecular weight is 155 g/mol. The molecule has 0 amide bonds. The number of carbonyl (C=O) groups is 1. The second kappa shape index (κ2) is 3.15. The maximum absolute atomic E-state index is 9.85. The van der Waals surface area contributed by atoms with Gasteiger partial charge in [0.15, 0.2) is 0 Å². The number of hydrogen-bond donors (Lipinski definition) is 1. The van der Waals surface area contributed by atoms with Crippen molar-refractivity contribution in [2.45, 2.75) is 6.37 Å². The molecule has 0 fully saturated rings. The Morgan fingerprint density at radius 3 is 2.67 bits per heavy atom. The Balaban J connectivity index is 3.91. The molecule has 0 aromatic rings. The first-order chi connectivity index (χ1) is 3.50. The summed E-state index contributed by atoms with van der Waals surface area (Å²) in [7, 11) is 0. The largest absolute Gasteiger partial charge is 0.481 e. The van der Waals surface area contributed by atoms with Crippen molar-refractivity contribution in [3.63, 3.8) is 0 Å². The van der Waals surface area contributed by atoms with Gasteiger partial charge >= 0.3 is 5.97 Å². The lowest BCUT2D eigenvalue weighted by Gasteiger charge is -1.78. The summed E-state index contributed by atoms with van der Waals surface area (Å²) >= 11 is 2.72. The lowest BCUT2D eigenvalue weighted by Crippen LogP contribution is -1.92. The van der Waals surface area contributed by atoms with Gasteiger partial charge in [-0.05, 0) is 0 Å². The van der Waals surface area contributed by atoms with Crippen molar-refractivity contribution in [1.82, 2.24) is 0 Å². The molecule has 0 saturated carbocycles. The second-order valence-electron chi connectivity index (χ2n) is 0.616. The highest BCUT2D eigenvalue weighted by Crippen LogP contribution is 1.84. The van der Waals surface area contributed by atoms with E-state index in [4.69, 9.17) is 7.85 Å². The number of halogens is 1. The van der Waals surface area contributed by atoms with E-state index < -0.39 is 12.3 Å². The molecule has 0 aliphatic rings. The van der Waals surface area contributed by atoms with Crippen molar-refractivity contribution < 1.29 is 12.6 Å². The molecule has 0 heterocycles. The van der Waals surface area contributed by atoms with Gasteiger partial charge in [-0.2, -0.15) is 0 Å². The highest BCUT2D eigenvalue weighted by atomic mass is 79.9. The van der Waals surface area contributed by atoms with Crippen LogP contribution in [0, 0.1) is 0 Å². The van der Waals surface area contributed by atoms with E-state index in [1.807, 2.05) is 0 Å². The highest BCUT2D eigenvalue weighted by Gasteiger charge is 1.88. The number of carboxylic acids is 1. The summed E-state index contributed by atoms with van der Waals surface area (Å²) in [6, 6.07) is 0. The SMILES string of the molecule is [2H]C([2H])(CBr)C(=O)O. The lowest BCUT2D eigenvalue weighted by molar-refractivity contribution is -0.136. The fourth-order valence-electron chi connectivity index (χ4n) is 0.0572. The molecule has 2 nitrogen and oxygen atoms in total. The molecule has 1 N–H and O–H groups in total. The van der Waals surface area contributed by atoms with Crippen molar-refractivity contribution in [3.8, 4) is 0 Å². The van der Waals surface area contributed by atoms with Crippen molar-refractivity contribution >= 4 is 21.9 Å². The van der Waals surface area contributed by atoms with E-state index in [-0.39, 0.29) is 5.33 Å². The summed E-state index contributed by atoms with van der Waals surface area (Å²) < 4.78 is 13.3. The third-order valence-electron chi connectivity index (χ3n) is 0.218. The second-order valence-corrected chi connectivity index (χ2v) is 1.18. The summed E-state index contributed by atoms with van der Waals surface area (Å²) in [5, 5.41) is 7.86. The molecule has 0 saturated heterocycles. The molecule has 0 atom stereocenters. The van der Waals surface area contributed by atoms with E-state index >= 15 is 0 Å². The van der Waals surface area contributed by atoms with Crippen molar-refractivity contribution in [3.05, 3.63) is 0 Å². The molecule has 0 unspecified atom stereocenters. The lowest BCUT2D eigenvalue weighted by atomic mass is 10.5. The van der Waals surface area contributed by atoms with E-state index in [0.29, 0.717) is 0 Å². The number of aliphatic carboxylic acids is 1. The molecule has 0 radical (unpaired) electrons. The van der Waals surface area contributed by atoms with Crippen LogP contribution in [0.5, 0.6) is 0 Å².